The van der Waals surface area contributed by atoms with Gasteiger partial charge < -0.3 is 4.74 Å². The summed E-state index contributed by atoms with van der Waals surface area (Å²) >= 11 is 8.93. The van der Waals surface area contributed by atoms with Gasteiger partial charge >= 0.3 is 12.2 Å². The molecule has 3 rings (SSSR count). The number of ether oxygens (including phenoxy) is 1. The molecule has 0 N–H and O–H groups in total. The van der Waals surface area contributed by atoms with Crippen molar-refractivity contribution < 1.29 is 17.9 Å². The topological polar surface area (TPSA) is 60.8 Å². The average Bonchev–Trinajstić information content (AvgIpc) is 2.47. The first-order chi connectivity index (χ1) is 11.2. The molecule has 0 saturated heterocycles. The normalized spacial score (nSPS) is 11.8. The molecule has 0 aliphatic rings. The Bertz CT molecular complexity index is 919. The first-order valence-electron chi connectivity index (χ1n) is 6.44. The van der Waals surface area contributed by atoms with Crippen LogP contribution >= 0.6 is 27.5 Å². The SMILES string of the molecule is Cc1nc(C(F)(F)F)nc2cc(Br)cc(Oc3ncc(Cl)cn3)c12. The third-order valence-electron chi connectivity index (χ3n) is 2.96. The Balaban J connectivity index is 2.16. The summed E-state index contributed by atoms with van der Waals surface area (Å²) in [5, 5.41) is 0.667. The van der Waals surface area contributed by atoms with Crippen LogP contribution < -0.4 is 4.74 Å². The van der Waals surface area contributed by atoms with Crippen LogP contribution in [0, 0.1) is 6.92 Å². The van der Waals surface area contributed by atoms with Gasteiger partial charge in [0.05, 0.1) is 34.0 Å². The molecule has 1 aromatic carbocycles. The number of halogens is 5. The second-order valence-corrected chi connectivity index (χ2v) is 6.07. The van der Waals surface area contributed by atoms with Crippen molar-refractivity contribution >= 4 is 38.4 Å². The van der Waals surface area contributed by atoms with Crippen LogP contribution in [0.2, 0.25) is 5.02 Å². The van der Waals surface area contributed by atoms with Crippen LogP contribution in [0.5, 0.6) is 11.8 Å². The van der Waals surface area contributed by atoms with Gasteiger partial charge in [-0.3, -0.25) is 0 Å². The molecule has 0 aliphatic carbocycles. The van der Waals surface area contributed by atoms with Gasteiger partial charge in [-0.2, -0.15) is 13.2 Å². The first-order valence-corrected chi connectivity index (χ1v) is 7.61. The minimum Gasteiger partial charge on any atom is -0.423 e. The number of alkyl halides is 3. The van der Waals surface area contributed by atoms with E-state index >= 15 is 0 Å². The zero-order valence-corrected chi connectivity index (χ0v) is 14.2. The fraction of sp³-hybridized carbons (Fsp3) is 0.143. The molecule has 10 heteroatoms. The molecule has 2 heterocycles. The Labute approximate surface area is 147 Å². The Morgan fingerprint density at radius 3 is 2.42 bits per heavy atom. The highest BCUT2D eigenvalue weighted by atomic mass is 79.9. The van der Waals surface area contributed by atoms with Gasteiger partial charge in [-0.05, 0) is 19.1 Å². The molecule has 0 aliphatic heterocycles. The molecule has 24 heavy (non-hydrogen) atoms. The highest BCUT2D eigenvalue weighted by molar-refractivity contribution is 9.10. The predicted octanol–water partition coefficient (Wildman–Crippen LogP) is 4.96. The Morgan fingerprint density at radius 2 is 1.79 bits per heavy atom. The first kappa shape index (κ1) is 16.8. The lowest BCUT2D eigenvalue weighted by Crippen LogP contribution is -2.12. The standard InChI is InChI=1S/C14H7BrClF3N4O/c1-6-11-9(23-12(22-6)14(17,18)19)2-7(15)3-10(11)24-13-20-4-8(16)5-21-13/h2-5H,1H3. The molecular formula is C14H7BrClF3N4O. The molecule has 0 amide bonds. The molecule has 0 fully saturated rings. The van der Waals surface area contributed by atoms with Gasteiger partial charge in [0.2, 0.25) is 5.82 Å². The van der Waals surface area contributed by atoms with Crippen molar-refractivity contribution in [1.82, 2.24) is 19.9 Å². The summed E-state index contributed by atoms with van der Waals surface area (Å²) in [5.74, 6) is -0.979. The van der Waals surface area contributed by atoms with Crippen LogP contribution in [0.15, 0.2) is 29.0 Å². The van der Waals surface area contributed by atoms with Crippen LogP contribution in [0.4, 0.5) is 13.2 Å². The van der Waals surface area contributed by atoms with Crippen molar-refractivity contribution in [2.45, 2.75) is 13.1 Å². The Hall–Kier alpha value is -2.00. The number of nitrogens with zero attached hydrogens (tertiary/aromatic N) is 4. The summed E-state index contributed by atoms with van der Waals surface area (Å²) in [7, 11) is 0. The molecule has 0 saturated carbocycles. The van der Waals surface area contributed by atoms with Gasteiger partial charge in [0.25, 0.3) is 0 Å². The van der Waals surface area contributed by atoms with Crippen LogP contribution in [0.1, 0.15) is 11.5 Å². The van der Waals surface area contributed by atoms with Gasteiger partial charge in [-0.25, -0.2) is 19.9 Å². The quantitative estimate of drug-likeness (QED) is 0.588. The largest absolute Gasteiger partial charge is 0.451 e. The molecule has 0 bridgehead atoms. The summed E-state index contributed by atoms with van der Waals surface area (Å²) in [6, 6.07) is 3.02. The molecule has 0 spiro atoms. The number of benzene rings is 1. The van der Waals surface area contributed by atoms with E-state index in [0.29, 0.717) is 14.9 Å². The Kier molecular flexibility index (Phi) is 4.31. The molecule has 0 radical (unpaired) electrons. The fourth-order valence-electron chi connectivity index (χ4n) is 2.03. The van der Waals surface area contributed by atoms with Crippen LogP contribution in [0.3, 0.4) is 0 Å². The summed E-state index contributed by atoms with van der Waals surface area (Å²) in [4.78, 5) is 14.9. The lowest BCUT2D eigenvalue weighted by Gasteiger charge is -2.12. The van der Waals surface area contributed by atoms with Crippen molar-refractivity contribution in [3.05, 3.63) is 45.5 Å². The number of fused-ring (bicyclic) bond motifs is 1. The predicted molar refractivity (Wildman–Crippen MR) is 84.1 cm³/mol. The summed E-state index contributed by atoms with van der Waals surface area (Å²) in [6.45, 7) is 1.45. The summed E-state index contributed by atoms with van der Waals surface area (Å²) < 4.78 is 44.7. The van der Waals surface area contributed by atoms with Gasteiger partial charge in [0.1, 0.15) is 5.75 Å². The van der Waals surface area contributed by atoms with Gasteiger partial charge in [0.15, 0.2) is 0 Å². The highest BCUT2D eigenvalue weighted by Crippen LogP contribution is 2.35. The maximum atomic E-state index is 12.9. The maximum Gasteiger partial charge on any atom is 0.451 e. The monoisotopic (exact) mass is 418 g/mol. The van der Waals surface area contributed by atoms with Gasteiger partial charge in [-0.1, -0.05) is 27.5 Å². The summed E-state index contributed by atoms with van der Waals surface area (Å²) in [5.41, 5.74) is 0.219. The minimum absolute atomic E-state index is 0.00176. The van der Waals surface area contributed by atoms with Crippen LogP contribution in [0.25, 0.3) is 10.9 Å². The molecule has 3 aromatic rings. The van der Waals surface area contributed by atoms with E-state index in [2.05, 4.69) is 35.9 Å². The second kappa shape index (κ2) is 6.14. The minimum atomic E-state index is -4.64. The van der Waals surface area contributed by atoms with Crippen molar-refractivity contribution in [3.8, 4) is 11.8 Å². The molecule has 0 atom stereocenters. The van der Waals surface area contributed by atoms with E-state index in [1.165, 1.54) is 25.4 Å². The van der Waals surface area contributed by atoms with E-state index in [1.54, 1.807) is 6.07 Å². The van der Waals surface area contributed by atoms with E-state index in [1.807, 2.05) is 0 Å². The maximum absolute atomic E-state index is 12.9. The van der Waals surface area contributed by atoms with E-state index in [0.717, 1.165) is 0 Å². The van der Waals surface area contributed by atoms with Crippen LogP contribution in [-0.4, -0.2) is 19.9 Å². The summed E-state index contributed by atoms with van der Waals surface area (Å²) in [6.07, 6.45) is -1.95. The van der Waals surface area contributed by atoms with Crippen molar-refractivity contribution in [2.75, 3.05) is 0 Å². The van der Waals surface area contributed by atoms with E-state index < -0.39 is 12.0 Å². The number of rotatable bonds is 2. The van der Waals surface area contributed by atoms with Crippen molar-refractivity contribution in [1.29, 1.82) is 0 Å². The number of hydrogen-bond acceptors (Lipinski definition) is 5. The molecule has 2 aromatic heterocycles. The zero-order valence-electron chi connectivity index (χ0n) is 11.9. The third kappa shape index (κ3) is 3.41. The lowest BCUT2D eigenvalue weighted by molar-refractivity contribution is -0.144. The molecule has 0 unspecified atom stereocenters. The number of aromatic nitrogens is 4. The van der Waals surface area contributed by atoms with Crippen LogP contribution in [-0.2, 0) is 6.18 Å². The lowest BCUT2D eigenvalue weighted by atomic mass is 10.1. The average molecular weight is 420 g/mol. The Morgan fingerprint density at radius 1 is 1.12 bits per heavy atom. The van der Waals surface area contributed by atoms with Crippen molar-refractivity contribution in [2.24, 2.45) is 0 Å². The van der Waals surface area contributed by atoms with E-state index in [9.17, 15) is 13.2 Å². The van der Waals surface area contributed by atoms with Crippen molar-refractivity contribution in [3.63, 3.8) is 0 Å². The number of hydrogen-bond donors (Lipinski definition) is 0. The number of aryl methyl sites for hydroxylation is 1. The highest BCUT2D eigenvalue weighted by Gasteiger charge is 2.35. The fourth-order valence-corrected chi connectivity index (χ4v) is 2.55. The van der Waals surface area contributed by atoms with Gasteiger partial charge in [0, 0.05) is 4.47 Å². The van der Waals surface area contributed by atoms with Gasteiger partial charge in [-0.15, -0.1) is 0 Å². The molecule has 124 valence electrons. The smallest absolute Gasteiger partial charge is 0.423 e. The zero-order chi connectivity index (χ0) is 17.5. The van der Waals surface area contributed by atoms with E-state index in [-0.39, 0.29) is 23.0 Å². The molecular weight excluding hydrogens is 413 g/mol. The second-order valence-electron chi connectivity index (χ2n) is 4.71. The van der Waals surface area contributed by atoms with E-state index in [4.69, 9.17) is 16.3 Å². The third-order valence-corrected chi connectivity index (χ3v) is 3.61. The molecule has 5 nitrogen and oxygen atoms in total.